The number of nitrogens with two attached hydrogens (primary N) is 1. The zero-order chi connectivity index (χ0) is 13.3. The molecule has 0 aromatic heterocycles. The smallest absolute Gasteiger partial charge is 0.175 e. The molecule has 0 saturated carbocycles. The molecule has 0 bridgehead atoms. The average molecular weight is 263 g/mol. The molecule has 2 aromatic carbocycles. The normalized spacial score (nSPS) is 11.4. The number of anilines is 1. The van der Waals surface area contributed by atoms with Crippen molar-refractivity contribution in [2.24, 2.45) is 0 Å². The molecule has 2 aromatic rings. The van der Waals surface area contributed by atoms with Crippen LogP contribution in [0.25, 0.3) is 11.1 Å². The Kier molecular flexibility index (Phi) is 3.00. The Hall–Kier alpha value is -2.01. The van der Waals surface area contributed by atoms with Gasteiger partial charge in [0.15, 0.2) is 9.84 Å². The maximum absolute atomic E-state index is 11.5. The SMILES string of the molecule is CS(=O)(=O)c1cccc(-c2ccc(O)cc2N)c1. The molecule has 0 amide bonds. The number of benzene rings is 2. The Labute approximate surface area is 106 Å². The van der Waals surface area contributed by atoms with E-state index in [1.165, 1.54) is 18.2 Å². The Morgan fingerprint density at radius 2 is 1.83 bits per heavy atom. The van der Waals surface area contributed by atoms with Gasteiger partial charge in [-0.05, 0) is 29.8 Å². The second-order valence-electron chi connectivity index (χ2n) is 4.07. The van der Waals surface area contributed by atoms with E-state index in [0.717, 1.165) is 6.26 Å². The van der Waals surface area contributed by atoms with Crippen LogP contribution < -0.4 is 5.73 Å². The number of phenols is 1. The Balaban J connectivity index is 2.58. The first-order valence-electron chi connectivity index (χ1n) is 5.27. The molecule has 0 atom stereocenters. The van der Waals surface area contributed by atoms with Gasteiger partial charge in [0, 0.05) is 23.6 Å². The highest BCUT2D eigenvalue weighted by Gasteiger charge is 2.09. The van der Waals surface area contributed by atoms with Gasteiger partial charge in [-0.2, -0.15) is 0 Å². The number of aromatic hydroxyl groups is 1. The summed E-state index contributed by atoms with van der Waals surface area (Å²) in [5.41, 5.74) is 7.60. The van der Waals surface area contributed by atoms with Crippen LogP contribution in [0.1, 0.15) is 0 Å². The van der Waals surface area contributed by atoms with E-state index in [0.29, 0.717) is 16.8 Å². The summed E-state index contributed by atoms with van der Waals surface area (Å²) in [6, 6.07) is 11.1. The van der Waals surface area contributed by atoms with Crippen LogP contribution in [0.2, 0.25) is 0 Å². The van der Waals surface area contributed by atoms with Gasteiger partial charge >= 0.3 is 0 Å². The first-order valence-corrected chi connectivity index (χ1v) is 7.16. The van der Waals surface area contributed by atoms with Crippen molar-refractivity contribution in [3.63, 3.8) is 0 Å². The third kappa shape index (κ3) is 2.46. The summed E-state index contributed by atoms with van der Waals surface area (Å²) in [5.74, 6) is 0.0792. The second-order valence-corrected chi connectivity index (χ2v) is 6.09. The molecule has 5 heteroatoms. The van der Waals surface area contributed by atoms with E-state index < -0.39 is 9.84 Å². The molecule has 0 aliphatic heterocycles. The molecule has 2 rings (SSSR count). The van der Waals surface area contributed by atoms with Crippen molar-refractivity contribution in [3.8, 4) is 16.9 Å². The van der Waals surface area contributed by atoms with Gasteiger partial charge in [-0.1, -0.05) is 12.1 Å². The van der Waals surface area contributed by atoms with Gasteiger partial charge in [0.1, 0.15) is 5.75 Å². The van der Waals surface area contributed by atoms with E-state index in [9.17, 15) is 13.5 Å². The van der Waals surface area contributed by atoms with Crippen molar-refractivity contribution < 1.29 is 13.5 Å². The van der Waals surface area contributed by atoms with E-state index in [4.69, 9.17) is 5.73 Å². The Morgan fingerprint density at radius 3 is 2.44 bits per heavy atom. The molecule has 0 saturated heterocycles. The second kappa shape index (κ2) is 4.34. The van der Waals surface area contributed by atoms with Crippen LogP contribution in [0.15, 0.2) is 47.4 Å². The van der Waals surface area contributed by atoms with Crippen LogP contribution in [0.4, 0.5) is 5.69 Å². The lowest BCUT2D eigenvalue weighted by atomic mass is 10.0. The topological polar surface area (TPSA) is 80.4 Å². The lowest BCUT2D eigenvalue weighted by molar-refractivity contribution is 0.475. The largest absolute Gasteiger partial charge is 0.508 e. The minimum absolute atomic E-state index is 0.0792. The Morgan fingerprint density at radius 1 is 1.11 bits per heavy atom. The van der Waals surface area contributed by atoms with Crippen molar-refractivity contribution in [3.05, 3.63) is 42.5 Å². The maximum Gasteiger partial charge on any atom is 0.175 e. The van der Waals surface area contributed by atoms with Gasteiger partial charge in [0.2, 0.25) is 0 Å². The Bertz CT molecular complexity index is 693. The lowest BCUT2D eigenvalue weighted by Crippen LogP contribution is -1.97. The molecule has 0 unspecified atom stereocenters. The van der Waals surface area contributed by atoms with E-state index in [1.54, 1.807) is 24.3 Å². The minimum Gasteiger partial charge on any atom is -0.508 e. The van der Waals surface area contributed by atoms with E-state index >= 15 is 0 Å². The molecular formula is C13H13NO3S. The number of phenolic OH excluding ortho intramolecular Hbond substituents is 1. The zero-order valence-electron chi connectivity index (χ0n) is 9.79. The highest BCUT2D eigenvalue weighted by atomic mass is 32.2. The van der Waals surface area contributed by atoms with Crippen LogP contribution in [-0.4, -0.2) is 19.8 Å². The number of hydrogen-bond donors (Lipinski definition) is 2. The molecule has 0 spiro atoms. The highest BCUT2D eigenvalue weighted by Crippen LogP contribution is 2.30. The predicted molar refractivity (Wildman–Crippen MR) is 71.1 cm³/mol. The highest BCUT2D eigenvalue weighted by molar-refractivity contribution is 7.90. The van der Waals surface area contributed by atoms with Gasteiger partial charge in [0.25, 0.3) is 0 Å². The lowest BCUT2D eigenvalue weighted by Gasteiger charge is -2.07. The molecule has 18 heavy (non-hydrogen) atoms. The molecule has 0 aliphatic carbocycles. The molecular weight excluding hydrogens is 250 g/mol. The first kappa shape index (κ1) is 12.4. The van der Waals surface area contributed by atoms with E-state index in [2.05, 4.69) is 0 Å². The van der Waals surface area contributed by atoms with Crippen LogP contribution >= 0.6 is 0 Å². The quantitative estimate of drug-likeness (QED) is 0.812. The van der Waals surface area contributed by atoms with Crippen molar-refractivity contribution >= 4 is 15.5 Å². The third-order valence-electron chi connectivity index (χ3n) is 2.61. The standard InChI is InChI=1S/C13H13NO3S/c1-18(16,17)11-4-2-3-9(7-11)12-6-5-10(15)8-13(12)14/h2-8,15H,14H2,1H3. The van der Waals surface area contributed by atoms with E-state index in [-0.39, 0.29) is 10.6 Å². The molecule has 4 nitrogen and oxygen atoms in total. The fourth-order valence-electron chi connectivity index (χ4n) is 1.71. The van der Waals surface area contributed by atoms with Crippen LogP contribution in [0.3, 0.4) is 0 Å². The van der Waals surface area contributed by atoms with Gasteiger partial charge < -0.3 is 10.8 Å². The monoisotopic (exact) mass is 263 g/mol. The fraction of sp³-hybridized carbons (Fsp3) is 0.0769. The minimum atomic E-state index is -3.24. The summed E-state index contributed by atoms with van der Waals surface area (Å²) in [4.78, 5) is 0.243. The summed E-state index contributed by atoms with van der Waals surface area (Å²) < 4.78 is 23.0. The summed E-state index contributed by atoms with van der Waals surface area (Å²) in [7, 11) is -3.24. The number of nitrogen functional groups attached to an aromatic ring is 1. The summed E-state index contributed by atoms with van der Waals surface area (Å²) in [5, 5.41) is 9.29. The van der Waals surface area contributed by atoms with Gasteiger partial charge in [-0.3, -0.25) is 0 Å². The average Bonchev–Trinajstić information content (AvgIpc) is 2.28. The zero-order valence-corrected chi connectivity index (χ0v) is 10.6. The van der Waals surface area contributed by atoms with Gasteiger partial charge in [-0.25, -0.2) is 8.42 Å². The third-order valence-corrected chi connectivity index (χ3v) is 3.72. The van der Waals surface area contributed by atoms with Crippen molar-refractivity contribution in [2.75, 3.05) is 12.0 Å². The van der Waals surface area contributed by atoms with Crippen molar-refractivity contribution in [2.45, 2.75) is 4.90 Å². The molecule has 0 aliphatic rings. The van der Waals surface area contributed by atoms with Crippen LogP contribution in [-0.2, 0) is 9.84 Å². The molecule has 3 N–H and O–H groups in total. The van der Waals surface area contributed by atoms with E-state index in [1.807, 2.05) is 0 Å². The maximum atomic E-state index is 11.5. The fourth-order valence-corrected chi connectivity index (χ4v) is 2.37. The van der Waals surface area contributed by atoms with Crippen LogP contribution in [0.5, 0.6) is 5.75 Å². The molecule has 0 heterocycles. The van der Waals surface area contributed by atoms with Crippen molar-refractivity contribution in [1.82, 2.24) is 0 Å². The van der Waals surface area contributed by atoms with Gasteiger partial charge in [0.05, 0.1) is 4.90 Å². The van der Waals surface area contributed by atoms with Crippen molar-refractivity contribution in [1.29, 1.82) is 0 Å². The number of rotatable bonds is 2. The summed E-state index contributed by atoms with van der Waals surface area (Å²) >= 11 is 0. The first-order chi connectivity index (χ1) is 8.38. The van der Waals surface area contributed by atoms with Gasteiger partial charge in [-0.15, -0.1) is 0 Å². The summed E-state index contributed by atoms with van der Waals surface area (Å²) in [6.07, 6.45) is 1.16. The van der Waals surface area contributed by atoms with Crippen LogP contribution in [0, 0.1) is 0 Å². The molecule has 94 valence electrons. The number of sulfone groups is 1. The summed E-state index contributed by atoms with van der Waals surface area (Å²) in [6.45, 7) is 0. The predicted octanol–water partition coefficient (Wildman–Crippen LogP) is 2.04. The molecule has 0 fully saturated rings. The number of hydrogen-bond acceptors (Lipinski definition) is 4. The molecule has 0 radical (unpaired) electrons.